The number of hydrogen-bond donors (Lipinski definition) is 0. The van der Waals surface area contributed by atoms with E-state index in [0.29, 0.717) is 5.56 Å². The van der Waals surface area contributed by atoms with Gasteiger partial charge in [0.15, 0.2) is 9.84 Å². The molecule has 5 heteroatoms. The molecule has 0 aliphatic carbocycles. The summed E-state index contributed by atoms with van der Waals surface area (Å²) in [5, 5.41) is 0. The van der Waals surface area contributed by atoms with Crippen molar-refractivity contribution in [1.82, 2.24) is 0 Å². The van der Waals surface area contributed by atoms with Gasteiger partial charge in [-0.15, -0.1) is 0 Å². The van der Waals surface area contributed by atoms with Gasteiger partial charge in [0.05, 0.1) is 5.75 Å². The van der Waals surface area contributed by atoms with Crippen molar-refractivity contribution in [1.29, 1.82) is 0 Å². The molecule has 0 aliphatic rings. The zero-order valence-corrected chi connectivity index (χ0v) is 12.9. The Balaban J connectivity index is 2.22. The lowest BCUT2D eigenvalue weighted by Crippen LogP contribution is -2.03. The van der Waals surface area contributed by atoms with E-state index in [1.165, 1.54) is 24.3 Å². The van der Waals surface area contributed by atoms with Crippen LogP contribution in [0.2, 0.25) is 0 Å². The van der Waals surface area contributed by atoms with Crippen molar-refractivity contribution in [3.63, 3.8) is 0 Å². The molecule has 0 heterocycles. The van der Waals surface area contributed by atoms with Crippen molar-refractivity contribution in [2.75, 3.05) is 0 Å². The topological polar surface area (TPSA) is 34.1 Å². The Kier molecular flexibility index (Phi) is 4.73. The van der Waals surface area contributed by atoms with E-state index in [9.17, 15) is 12.8 Å². The number of rotatable bonds is 4. The summed E-state index contributed by atoms with van der Waals surface area (Å²) in [5.41, 5.74) is 1.34. The quantitative estimate of drug-likeness (QED) is 0.826. The number of benzene rings is 2. The fraction of sp³-hybridized carbons (Fsp3) is 0.0667. The third-order valence-corrected chi connectivity index (χ3v) is 5.78. The maximum Gasteiger partial charge on any atom is 0.189 e. The van der Waals surface area contributed by atoms with E-state index >= 15 is 0 Å². The van der Waals surface area contributed by atoms with Gasteiger partial charge in [-0.1, -0.05) is 42.5 Å². The third kappa shape index (κ3) is 4.02. The second kappa shape index (κ2) is 6.33. The van der Waals surface area contributed by atoms with Crippen LogP contribution in [0.4, 0.5) is 4.39 Å². The van der Waals surface area contributed by atoms with Crippen LogP contribution in [0.5, 0.6) is 0 Å². The van der Waals surface area contributed by atoms with Crippen LogP contribution < -0.4 is 0 Å². The molecule has 2 nitrogen and oxygen atoms in total. The van der Waals surface area contributed by atoms with Gasteiger partial charge in [-0.2, -0.15) is 0 Å². The lowest BCUT2D eigenvalue weighted by Gasteiger charge is -2.04. The van der Waals surface area contributed by atoms with Crippen molar-refractivity contribution < 1.29 is 12.8 Å². The van der Waals surface area contributed by atoms with Crippen molar-refractivity contribution in [3.05, 3.63) is 75.4 Å². The summed E-state index contributed by atoms with van der Waals surface area (Å²) in [6.07, 6.45) is 1.55. The summed E-state index contributed by atoms with van der Waals surface area (Å²) in [4.78, 5) is 0. The summed E-state index contributed by atoms with van der Waals surface area (Å²) >= 11 is 3.11. The van der Waals surface area contributed by atoms with Crippen LogP contribution in [0.1, 0.15) is 11.1 Å². The lowest BCUT2D eigenvalue weighted by molar-refractivity contribution is 0.603. The van der Waals surface area contributed by atoms with Crippen LogP contribution in [-0.2, 0) is 15.6 Å². The third-order valence-electron chi connectivity index (χ3n) is 2.65. The molecular formula is C15H12BrFO2S. The van der Waals surface area contributed by atoms with E-state index in [2.05, 4.69) is 15.9 Å². The van der Waals surface area contributed by atoms with Crippen LogP contribution in [0.15, 0.2) is 58.4 Å². The Morgan fingerprint density at radius 1 is 1.05 bits per heavy atom. The second-order valence-corrected chi connectivity index (χ2v) is 7.58. The molecule has 0 atom stereocenters. The highest BCUT2D eigenvalue weighted by molar-refractivity contribution is 9.13. The SMILES string of the molecule is O=S(=O)(Cc1ccc(F)cc1)C(Br)=Cc1ccccc1. The normalized spacial score (nSPS) is 12.4. The molecule has 0 aromatic heterocycles. The molecule has 0 radical (unpaired) electrons. The molecular weight excluding hydrogens is 343 g/mol. The standard InChI is InChI=1S/C15H12BrFO2S/c16-15(10-12-4-2-1-3-5-12)20(18,19)11-13-6-8-14(17)9-7-13/h1-10H,11H2. The van der Waals surface area contributed by atoms with Crippen LogP contribution in [0, 0.1) is 5.82 Å². The van der Waals surface area contributed by atoms with Gasteiger partial charge in [-0.05, 0) is 45.3 Å². The van der Waals surface area contributed by atoms with Crippen molar-refractivity contribution in [2.45, 2.75) is 5.75 Å². The van der Waals surface area contributed by atoms with Gasteiger partial charge in [0.1, 0.15) is 9.63 Å². The Morgan fingerprint density at radius 3 is 2.25 bits per heavy atom. The zero-order valence-electron chi connectivity index (χ0n) is 10.5. The molecule has 2 rings (SSSR count). The number of hydrogen-bond acceptors (Lipinski definition) is 2. The molecule has 0 amide bonds. The average molecular weight is 355 g/mol. The monoisotopic (exact) mass is 354 g/mol. The molecule has 20 heavy (non-hydrogen) atoms. The molecule has 104 valence electrons. The van der Waals surface area contributed by atoms with Crippen LogP contribution in [0.25, 0.3) is 6.08 Å². The van der Waals surface area contributed by atoms with Crippen molar-refractivity contribution in [3.8, 4) is 0 Å². The van der Waals surface area contributed by atoms with E-state index in [-0.39, 0.29) is 15.4 Å². The lowest BCUT2D eigenvalue weighted by atomic mass is 10.2. The van der Waals surface area contributed by atoms with Gasteiger partial charge in [0.2, 0.25) is 0 Å². The highest BCUT2D eigenvalue weighted by atomic mass is 79.9. The second-order valence-electron chi connectivity index (χ2n) is 4.24. The van der Waals surface area contributed by atoms with Gasteiger partial charge < -0.3 is 0 Å². The average Bonchev–Trinajstić information content (AvgIpc) is 2.42. The molecule has 0 spiro atoms. The molecule has 0 N–H and O–H groups in total. The van der Waals surface area contributed by atoms with Gasteiger partial charge in [0, 0.05) is 0 Å². The zero-order chi connectivity index (χ0) is 14.6. The van der Waals surface area contributed by atoms with E-state index < -0.39 is 9.84 Å². The highest BCUT2D eigenvalue weighted by Gasteiger charge is 2.16. The van der Waals surface area contributed by atoms with E-state index in [4.69, 9.17) is 0 Å². The maximum atomic E-state index is 12.8. The first-order chi connectivity index (χ1) is 9.47. The summed E-state index contributed by atoms with van der Waals surface area (Å²) < 4.78 is 37.3. The van der Waals surface area contributed by atoms with Crippen LogP contribution in [0.3, 0.4) is 0 Å². The first kappa shape index (κ1) is 14.9. The summed E-state index contributed by atoms with van der Waals surface area (Å²) in [5.74, 6) is -0.554. The number of sulfone groups is 1. The Morgan fingerprint density at radius 2 is 1.65 bits per heavy atom. The predicted molar refractivity (Wildman–Crippen MR) is 82.4 cm³/mol. The van der Waals surface area contributed by atoms with Crippen molar-refractivity contribution in [2.24, 2.45) is 0 Å². The van der Waals surface area contributed by atoms with E-state index in [1.54, 1.807) is 6.08 Å². The molecule has 2 aromatic carbocycles. The number of halogens is 2. The Hall–Kier alpha value is -1.46. The van der Waals surface area contributed by atoms with Gasteiger partial charge in [-0.25, -0.2) is 12.8 Å². The summed E-state index contributed by atoms with van der Waals surface area (Å²) in [7, 11) is -3.47. The summed E-state index contributed by atoms with van der Waals surface area (Å²) in [6.45, 7) is 0. The summed E-state index contributed by atoms with van der Waals surface area (Å²) in [6, 6.07) is 14.6. The molecule has 0 saturated heterocycles. The fourth-order valence-electron chi connectivity index (χ4n) is 1.64. The predicted octanol–water partition coefficient (Wildman–Crippen LogP) is 4.13. The Bertz CT molecular complexity index is 707. The minimum atomic E-state index is -3.47. The molecule has 0 aliphatic heterocycles. The first-order valence-electron chi connectivity index (χ1n) is 5.87. The van der Waals surface area contributed by atoms with Crippen molar-refractivity contribution >= 4 is 31.8 Å². The van der Waals surface area contributed by atoms with Gasteiger partial charge in [-0.3, -0.25) is 0 Å². The fourth-order valence-corrected chi connectivity index (χ4v) is 3.33. The molecule has 2 aromatic rings. The minimum Gasteiger partial charge on any atom is -0.223 e. The van der Waals surface area contributed by atoms with Crippen LogP contribution in [-0.4, -0.2) is 8.42 Å². The van der Waals surface area contributed by atoms with E-state index in [0.717, 1.165) is 5.56 Å². The highest BCUT2D eigenvalue weighted by Crippen LogP contribution is 2.22. The first-order valence-corrected chi connectivity index (χ1v) is 8.31. The largest absolute Gasteiger partial charge is 0.223 e. The van der Waals surface area contributed by atoms with Gasteiger partial charge >= 0.3 is 0 Å². The smallest absolute Gasteiger partial charge is 0.189 e. The van der Waals surface area contributed by atoms with Crippen LogP contribution >= 0.6 is 15.9 Å². The maximum absolute atomic E-state index is 12.8. The van der Waals surface area contributed by atoms with E-state index in [1.807, 2.05) is 30.3 Å². The minimum absolute atomic E-state index is 0.112. The molecule has 0 fully saturated rings. The molecule has 0 unspecified atom stereocenters. The van der Waals surface area contributed by atoms with Gasteiger partial charge in [0.25, 0.3) is 0 Å². The Labute approximate surface area is 126 Å². The molecule has 0 bridgehead atoms. The molecule has 0 saturated carbocycles.